The standard InChI is InChI=1S/C10H13Cl2N3/c11-4-3-10(1-2-10)6-14-9-8(12)5-13-7-15-9/h5,7H,1-4,6H2,(H,13,14,15). The van der Waals surface area contributed by atoms with Crippen molar-refractivity contribution in [1.82, 2.24) is 9.97 Å². The summed E-state index contributed by atoms with van der Waals surface area (Å²) in [5, 5.41) is 3.83. The van der Waals surface area contributed by atoms with Gasteiger partial charge in [0.2, 0.25) is 0 Å². The molecule has 0 radical (unpaired) electrons. The van der Waals surface area contributed by atoms with Crippen molar-refractivity contribution < 1.29 is 0 Å². The van der Waals surface area contributed by atoms with Gasteiger partial charge in [-0.25, -0.2) is 9.97 Å². The van der Waals surface area contributed by atoms with Crippen LogP contribution in [0, 0.1) is 5.41 Å². The molecule has 3 nitrogen and oxygen atoms in total. The number of anilines is 1. The van der Waals surface area contributed by atoms with Crippen LogP contribution in [-0.2, 0) is 0 Å². The molecule has 1 heterocycles. The summed E-state index contributed by atoms with van der Waals surface area (Å²) in [7, 11) is 0. The normalized spacial score (nSPS) is 17.5. The quantitative estimate of drug-likeness (QED) is 0.811. The summed E-state index contributed by atoms with van der Waals surface area (Å²) in [5.74, 6) is 1.44. The average Bonchev–Trinajstić information content (AvgIpc) is 2.98. The fourth-order valence-corrected chi connectivity index (χ4v) is 2.18. The topological polar surface area (TPSA) is 37.8 Å². The summed E-state index contributed by atoms with van der Waals surface area (Å²) in [4.78, 5) is 7.92. The maximum atomic E-state index is 5.94. The van der Waals surface area contributed by atoms with E-state index in [0.29, 0.717) is 16.3 Å². The Morgan fingerprint density at radius 1 is 1.47 bits per heavy atom. The predicted octanol–water partition coefficient (Wildman–Crippen LogP) is 2.95. The molecule has 1 fully saturated rings. The molecule has 1 aromatic rings. The van der Waals surface area contributed by atoms with Crippen LogP contribution >= 0.6 is 23.2 Å². The lowest BCUT2D eigenvalue weighted by molar-refractivity contribution is 0.524. The highest BCUT2D eigenvalue weighted by Crippen LogP contribution is 2.48. The van der Waals surface area contributed by atoms with E-state index in [0.717, 1.165) is 18.8 Å². The molecule has 1 saturated carbocycles. The van der Waals surface area contributed by atoms with E-state index in [9.17, 15) is 0 Å². The lowest BCUT2D eigenvalue weighted by Gasteiger charge is -2.15. The lowest BCUT2D eigenvalue weighted by atomic mass is 10.0. The second-order valence-electron chi connectivity index (χ2n) is 4.01. The van der Waals surface area contributed by atoms with Gasteiger partial charge in [-0.15, -0.1) is 11.6 Å². The zero-order valence-corrected chi connectivity index (χ0v) is 9.85. The molecule has 2 rings (SSSR count). The third-order valence-electron chi connectivity index (χ3n) is 2.88. The first-order chi connectivity index (χ1) is 7.26. The zero-order valence-electron chi connectivity index (χ0n) is 8.34. The van der Waals surface area contributed by atoms with E-state index in [-0.39, 0.29) is 0 Å². The van der Waals surface area contributed by atoms with Gasteiger partial charge in [-0.1, -0.05) is 11.6 Å². The van der Waals surface area contributed by atoms with Crippen molar-refractivity contribution in [3.05, 3.63) is 17.5 Å². The first kappa shape index (κ1) is 11.0. The number of nitrogens with zero attached hydrogens (tertiary/aromatic N) is 2. The smallest absolute Gasteiger partial charge is 0.148 e. The summed E-state index contributed by atoms with van der Waals surface area (Å²) < 4.78 is 0. The second-order valence-corrected chi connectivity index (χ2v) is 4.80. The summed E-state index contributed by atoms with van der Waals surface area (Å²) in [6, 6.07) is 0. The van der Waals surface area contributed by atoms with E-state index in [1.807, 2.05) is 0 Å². The molecule has 0 aliphatic heterocycles. The van der Waals surface area contributed by atoms with Crippen molar-refractivity contribution in [3.8, 4) is 0 Å². The monoisotopic (exact) mass is 245 g/mol. The Morgan fingerprint density at radius 2 is 2.27 bits per heavy atom. The van der Waals surface area contributed by atoms with Crippen LogP contribution in [0.2, 0.25) is 5.02 Å². The Bertz CT molecular complexity index is 339. The molecule has 1 N–H and O–H groups in total. The third-order valence-corrected chi connectivity index (χ3v) is 3.35. The molecule has 0 saturated heterocycles. The van der Waals surface area contributed by atoms with E-state index in [1.165, 1.54) is 19.2 Å². The van der Waals surface area contributed by atoms with E-state index < -0.39 is 0 Å². The largest absolute Gasteiger partial charge is 0.368 e. The minimum absolute atomic E-state index is 0.385. The van der Waals surface area contributed by atoms with Crippen molar-refractivity contribution in [3.63, 3.8) is 0 Å². The summed E-state index contributed by atoms with van der Waals surface area (Å²) in [6.45, 7) is 0.899. The predicted molar refractivity (Wildman–Crippen MR) is 62.5 cm³/mol. The van der Waals surface area contributed by atoms with Gasteiger partial charge in [0.05, 0.1) is 6.20 Å². The van der Waals surface area contributed by atoms with Gasteiger partial charge in [0, 0.05) is 12.4 Å². The summed E-state index contributed by atoms with van der Waals surface area (Å²) >= 11 is 11.7. The molecule has 0 spiro atoms. The van der Waals surface area contributed by atoms with Gasteiger partial charge in [0.15, 0.2) is 0 Å². The van der Waals surface area contributed by atoms with Gasteiger partial charge in [-0.05, 0) is 24.7 Å². The molecule has 0 unspecified atom stereocenters. The molecular formula is C10H13Cl2N3. The number of alkyl halides is 1. The van der Waals surface area contributed by atoms with E-state index >= 15 is 0 Å². The van der Waals surface area contributed by atoms with Crippen LogP contribution in [0.15, 0.2) is 12.5 Å². The van der Waals surface area contributed by atoms with E-state index in [2.05, 4.69) is 15.3 Å². The van der Waals surface area contributed by atoms with Crippen molar-refractivity contribution in [2.75, 3.05) is 17.7 Å². The zero-order chi connectivity index (χ0) is 10.7. The molecule has 5 heteroatoms. The van der Waals surface area contributed by atoms with Crippen molar-refractivity contribution in [2.24, 2.45) is 5.41 Å². The highest BCUT2D eigenvalue weighted by molar-refractivity contribution is 6.32. The minimum Gasteiger partial charge on any atom is -0.368 e. The van der Waals surface area contributed by atoms with Crippen LogP contribution in [0.3, 0.4) is 0 Å². The van der Waals surface area contributed by atoms with Crippen LogP contribution in [0.1, 0.15) is 19.3 Å². The Hall–Kier alpha value is -0.540. The fourth-order valence-electron chi connectivity index (χ4n) is 1.61. The molecule has 1 aliphatic carbocycles. The second kappa shape index (κ2) is 4.54. The highest BCUT2D eigenvalue weighted by atomic mass is 35.5. The van der Waals surface area contributed by atoms with Crippen LogP contribution in [0.4, 0.5) is 5.82 Å². The molecule has 15 heavy (non-hydrogen) atoms. The maximum absolute atomic E-state index is 5.94. The average molecular weight is 246 g/mol. The first-order valence-electron chi connectivity index (χ1n) is 5.01. The van der Waals surface area contributed by atoms with Gasteiger partial charge in [-0.2, -0.15) is 0 Å². The lowest BCUT2D eigenvalue weighted by Crippen LogP contribution is -2.16. The van der Waals surface area contributed by atoms with Crippen molar-refractivity contribution >= 4 is 29.0 Å². The van der Waals surface area contributed by atoms with Crippen molar-refractivity contribution in [1.29, 1.82) is 0 Å². The molecule has 82 valence electrons. The number of hydrogen-bond acceptors (Lipinski definition) is 3. The Kier molecular flexibility index (Phi) is 3.32. The first-order valence-corrected chi connectivity index (χ1v) is 5.92. The van der Waals surface area contributed by atoms with Gasteiger partial charge >= 0.3 is 0 Å². The SMILES string of the molecule is ClCCC1(CNc2ncncc2Cl)CC1. The van der Waals surface area contributed by atoms with Gasteiger partial charge in [0.1, 0.15) is 17.2 Å². The number of aromatic nitrogens is 2. The number of halogens is 2. The Balaban J connectivity index is 1.91. The van der Waals surface area contributed by atoms with Crippen LogP contribution in [-0.4, -0.2) is 22.4 Å². The third kappa shape index (κ3) is 2.73. The van der Waals surface area contributed by atoms with Gasteiger partial charge < -0.3 is 5.32 Å². The van der Waals surface area contributed by atoms with Gasteiger partial charge in [-0.3, -0.25) is 0 Å². The molecular weight excluding hydrogens is 233 g/mol. The van der Waals surface area contributed by atoms with Gasteiger partial charge in [0.25, 0.3) is 0 Å². The van der Waals surface area contributed by atoms with Crippen LogP contribution in [0.5, 0.6) is 0 Å². The minimum atomic E-state index is 0.385. The van der Waals surface area contributed by atoms with E-state index in [1.54, 1.807) is 6.20 Å². The summed E-state index contributed by atoms with van der Waals surface area (Å²) in [6.07, 6.45) is 6.64. The molecule has 1 aliphatic rings. The number of rotatable bonds is 5. The van der Waals surface area contributed by atoms with Crippen LogP contribution < -0.4 is 5.32 Å². The maximum Gasteiger partial charge on any atom is 0.148 e. The Morgan fingerprint density at radius 3 is 2.87 bits per heavy atom. The highest BCUT2D eigenvalue weighted by Gasteiger charge is 2.41. The molecule has 1 aromatic heterocycles. The molecule has 0 atom stereocenters. The molecule has 0 amide bonds. The summed E-state index contributed by atoms with van der Waals surface area (Å²) in [5.41, 5.74) is 0.385. The molecule has 0 bridgehead atoms. The van der Waals surface area contributed by atoms with Crippen molar-refractivity contribution in [2.45, 2.75) is 19.3 Å². The van der Waals surface area contributed by atoms with E-state index in [4.69, 9.17) is 23.2 Å². The fraction of sp³-hybridized carbons (Fsp3) is 0.600. The molecule has 0 aromatic carbocycles. The number of hydrogen-bond donors (Lipinski definition) is 1. The van der Waals surface area contributed by atoms with Crippen LogP contribution in [0.25, 0.3) is 0 Å². The Labute approximate surface area is 99.2 Å². The number of nitrogens with one attached hydrogen (secondary N) is 1.